The zero-order chi connectivity index (χ0) is 13.5. The predicted octanol–water partition coefficient (Wildman–Crippen LogP) is 3.21. The molecule has 19 heavy (non-hydrogen) atoms. The molecule has 0 spiro atoms. The first kappa shape index (κ1) is 13.5. The van der Waals surface area contributed by atoms with Gasteiger partial charge in [0.2, 0.25) is 10.0 Å². The summed E-state index contributed by atoms with van der Waals surface area (Å²) in [7, 11) is -3.48. The SMILES string of the molecule is O=S(=O)(NCc1csc(C2CC2)n1)c1ccc(Cl)s1. The number of halogens is 1. The third-order valence-electron chi connectivity index (χ3n) is 2.75. The molecule has 1 N–H and O–H groups in total. The number of rotatable bonds is 5. The second kappa shape index (κ2) is 5.14. The van der Waals surface area contributed by atoms with Crippen LogP contribution >= 0.6 is 34.3 Å². The number of nitrogens with one attached hydrogen (secondary N) is 1. The molecule has 1 aliphatic rings. The van der Waals surface area contributed by atoms with Crippen molar-refractivity contribution < 1.29 is 8.42 Å². The minimum Gasteiger partial charge on any atom is -0.245 e. The van der Waals surface area contributed by atoms with Crippen LogP contribution < -0.4 is 4.72 Å². The van der Waals surface area contributed by atoms with Crippen LogP contribution in [0.2, 0.25) is 4.34 Å². The van der Waals surface area contributed by atoms with Crippen LogP contribution in [0.4, 0.5) is 0 Å². The molecule has 2 aromatic heterocycles. The molecule has 0 aliphatic heterocycles. The lowest BCUT2D eigenvalue weighted by atomic mass is 10.4. The van der Waals surface area contributed by atoms with Crippen molar-refractivity contribution in [1.29, 1.82) is 0 Å². The van der Waals surface area contributed by atoms with E-state index in [0.29, 0.717) is 10.3 Å². The first-order valence-electron chi connectivity index (χ1n) is 5.74. The van der Waals surface area contributed by atoms with Crippen molar-refractivity contribution in [3.63, 3.8) is 0 Å². The van der Waals surface area contributed by atoms with Crippen LogP contribution in [0, 0.1) is 0 Å². The summed E-state index contributed by atoms with van der Waals surface area (Å²) in [6.07, 6.45) is 2.40. The number of hydrogen-bond donors (Lipinski definition) is 1. The Hall–Kier alpha value is -0.470. The fourth-order valence-electron chi connectivity index (χ4n) is 1.60. The molecule has 0 amide bonds. The lowest BCUT2D eigenvalue weighted by molar-refractivity contribution is 0.582. The van der Waals surface area contributed by atoms with E-state index in [0.717, 1.165) is 22.0 Å². The van der Waals surface area contributed by atoms with Crippen LogP contribution in [0.3, 0.4) is 0 Å². The van der Waals surface area contributed by atoms with E-state index in [2.05, 4.69) is 9.71 Å². The standard InChI is InChI=1S/C11H11ClN2O2S3/c12-9-3-4-10(18-9)19(15,16)13-5-8-6-17-11(14-8)7-1-2-7/h3-4,6-7,13H,1-2,5H2. The lowest BCUT2D eigenvalue weighted by Crippen LogP contribution is -2.22. The molecule has 1 saturated carbocycles. The van der Waals surface area contributed by atoms with Gasteiger partial charge in [-0.05, 0) is 25.0 Å². The molecular weight excluding hydrogens is 324 g/mol. The van der Waals surface area contributed by atoms with Gasteiger partial charge in [-0.1, -0.05) is 11.6 Å². The second-order valence-corrected chi connectivity index (χ2v) is 8.93. The highest BCUT2D eigenvalue weighted by atomic mass is 35.5. The van der Waals surface area contributed by atoms with Gasteiger partial charge in [0.25, 0.3) is 0 Å². The van der Waals surface area contributed by atoms with Crippen molar-refractivity contribution in [3.8, 4) is 0 Å². The zero-order valence-electron chi connectivity index (χ0n) is 9.80. The Labute approximate surface area is 124 Å². The summed E-state index contributed by atoms with van der Waals surface area (Å²) < 4.78 is 27.2. The van der Waals surface area contributed by atoms with Gasteiger partial charge < -0.3 is 0 Å². The number of thiophene rings is 1. The molecule has 8 heteroatoms. The van der Waals surface area contributed by atoms with E-state index in [1.807, 2.05) is 5.38 Å². The third kappa shape index (κ3) is 3.17. The summed E-state index contributed by atoms with van der Waals surface area (Å²) in [6.45, 7) is 0.223. The molecule has 1 fully saturated rings. The van der Waals surface area contributed by atoms with Crippen molar-refractivity contribution in [2.24, 2.45) is 0 Å². The Balaban J connectivity index is 1.67. The van der Waals surface area contributed by atoms with Gasteiger partial charge in [-0.3, -0.25) is 0 Å². The molecular formula is C11H11ClN2O2S3. The van der Waals surface area contributed by atoms with Gasteiger partial charge in [-0.2, -0.15) is 0 Å². The average Bonchev–Trinajstić information content (AvgIpc) is 2.94. The van der Waals surface area contributed by atoms with Crippen LogP contribution in [0.5, 0.6) is 0 Å². The number of aromatic nitrogens is 1. The Morgan fingerprint density at radius 3 is 2.84 bits per heavy atom. The predicted molar refractivity (Wildman–Crippen MR) is 77.4 cm³/mol. The molecule has 4 nitrogen and oxygen atoms in total. The summed E-state index contributed by atoms with van der Waals surface area (Å²) in [5, 5.41) is 3.03. The number of thiazole rings is 1. The maximum absolute atomic E-state index is 12.0. The van der Waals surface area contributed by atoms with Gasteiger partial charge in [-0.25, -0.2) is 18.1 Å². The minimum absolute atomic E-state index is 0.223. The van der Waals surface area contributed by atoms with E-state index in [4.69, 9.17) is 11.6 Å². The van der Waals surface area contributed by atoms with Crippen LogP contribution in [0.25, 0.3) is 0 Å². The van der Waals surface area contributed by atoms with Crippen molar-refractivity contribution in [1.82, 2.24) is 9.71 Å². The topological polar surface area (TPSA) is 59.1 Å². The largest absolute Gasteiger partial charge is 0.250 e. The molecule has 0 radical (unpaired) electrons. The van der Waals surface area contributed by atoms with Gasteiger partial charge in [0, 0.05) is 11.3 Å². The van der Waals surface area contributed by atoms with Crippen LogP contribution in [-0.2, 0) is 16.6 Å². The molecule has 3 rings (SSSR count). The quantitative estimate of drug-likeness (QED) is 0.913. The molecule has 1 aliphatic carbocycles. The highest BCUT2D eigenvalue weighted by Gasteiger charge is 2.26. The minimum atomic E-state index is -3.48. The molecule has 0 bridgehead atoms. The first-order valence-corrected chi connectivity index (χ1v) is 9.29. The highest BCUT2D eigenvalue weighted by Crippen LogP contribution is 2.41. The van der Waals surface area contributed by atoms with Gasteiger partial charge in [0.15, 0.2) is 0 Å². The maximum Gasteiger partial charge on any atom is 0.250 e. The monoisotopic (exact) mass is 334 g/mol. The van der Waals surface area contributed by atoms with Crippen molar-refractivity contribution >= 4 is 44.3 Å². The highest BCUT2D eigenvalue weighted by molar-refractivity contribution is 7.91. The Kier molecular flexibility index (Phi) is 3.65. The number of sulfonamides is 1. The Morgan fingerprint density at radius 1 is 1.42 bits per heavy atom. The first-order chi connectivity index (χ1) is 9.04. The van der Waals surface area contributed by atoms with E-state index in [-0.39, 0.29) is 10.8 Å². The van der Waals surface area contributed by atoms with Gasteiger partial charge in [-0.15, -0.1) is 22.7 Å². The van der Waals surface area contributed by atoms with E-state index in [1.54, 1.807) is 17.4 Å². The van der Waals surface area contributed by atoms with E-state index in [9.17, 15) is 8.42 Å². The van der Waals surface area contributed by atoms with Crippen molar-refractivity contribution in [3.05, 3.63) is 32.6 Å². The summed E-state index contributed by atoms with van der Waals surface area (Å²) in [5.41, 5.74) is 0.776. The summed E-state index contributed by atoms with van der Waals surface area (Å²) in [5.74, 6) is 0.603. The van der Waals surface area contributed by atoms with Crippen molar-refractivity contribution in [2.45, 2.75) is 29.5 Å². The van der Waals surface area contributed by atoms with Crippen LogP contribution in [0.15, 0.2) is 21.7 Å². The van der Waals surface area contributed by atoms with Gasteiger partial charge in [0.05, 0.1) is 21.6 Å². The summed E-state index contributed by atoms with van der Waals surface area (Å²) in [4.78, 5) is 4.44. The van der Waals surface area contributed by atoms with Crippen LogP contribution in [0.1, 0.15) is 29.5 Å². The average molecular weight is 335 g/mol. The number of nitrogens with zero attached hydrogens (tertiary/aromatic N) is 1. The Bertz CT molecular complexity index is 688. The molecule has 0 unspecified atom stereocenters. The lowest BCUT2D eigenvalue weighted by Gasteiger charge is -2.02. The molecule has 2 heterocycles. The molecule has 0 saturated heterocycles. The van der Waals surface area contributed by atoms with E-state index >= 15 is 0 Å². The Morgan fingerprint density at radius 2 is 2.21 bits per heavy atom. The van der Waals surface area contributed by atoms with E-state index in [1.165, 1.54) is 18.9 Å². The van der Waals surface area contributed by atoms with Crippen LogP contribution in [-0.4, -0.2) is 13.4 Å². The van der Waals surface area contributed by atoms with Crippen molar-refractivity contribution in [2.75, 3.05) is 0 Å². The summed E-state index contributed by atoms with van der Waals surface area (Å²) in [6, 6.07) is 3.08. The second-order valence-electron chi connectivity index (χ2n) is 4.33. The third-order valence-corrected chi connectivity index (χ3v) is 6.93. The zero-order valence-corrected chi connectivity index (χ0v) is 13.0. The fourth-order valence-corrected chi connectivity index (χ4v) is 5.12. The van der Waals surface area contributed by atoms with Gasteiger partial charge >= 0.3 is 0 Å². The molecule has 0 atom stereocenters. The fraction of sp³-hybridized carbons (Fsp3) is 0.364. The maximum atomic E-state index is 12.0. The normalized spacial score (nSPS) is 15.8. The molecule has 2 aromatic rings. The summed E-state index contributed by atoms with van der Waals surface area (Å²) >= 11 is 8.40. The smallest absolute Gasteiger partial charge is 0.245 e. The molecule has 0 aromatic carbocycles. The number of hydrogen-bond acceptors (Lipinski definition) is 5. The molecule has 102 valence electrons. The van der Waals surface area contributed by atoms with E-state index < -0.39 is 10.0 Å². The van der Waals surface area contributed by atoms with Gasteiger partial charge in [0.1, 0.15) is 4.21 Å².